The fourth-order valence-electron chi connectivity index (χ4n) is 0.890. The molecule has 0 amide bonds. The summed E-state index contributed by atoms with van der Waals surface area (Å²) in [5.74, 6) is -0.494. The number of carbonyl (C=O) groups is 2. The Bertz CT molecular complexity index is 319. The number of rotatable bonds is 4. The van der Waals surface area contributed by atoms with E-state index in [9.17, 15) is 9.59 Å². The third kappa shape index (κ3) is 2.99. The molecule has 0 saturated heterocycles. The van der Waals surface area contributed by atoms with Crippen molar-refractivity contribution in [1.82, 2.24) is 5.48 Å². The second-order valence-electron chi connectivity index (χ2n) is 2.77. The van der Waals surface area contributed by atoms with E-state index >= 15 is 0 Å². The molecule has 1 N–H and O–H groups in total. The number of nitrogens with one attached hydrogen (secondary N) is 1. The van der Waals surface area contributed by atoms with Crippen LogP contribution in [0.4, 0.5) is 0 Å². The number of benzene rings is 1. The largest absolute Gasteiger partial charge is 0.366 e. The van der Waals surface area contributed by atoms with Crippen LogP contribution in [-0.2, 0) is 9.63 Å². The van der Waals surface area contributed by atoms with Crippen LogP contribution in [-0.4, -0.2) is 18.8 Å². The van der Waals surface area contributed by atoms with Crippen molar-refractivity contribution in [2.45, 2.75) is 6.92 Å². The highest BCUT2D eigenvalue weighted by Gasteiger charge is 2.05. The Balaban J connectivity index is 2.52. The maximum absolute atomic E-state index is 11.2. The van der Waals surface area contributed by atoms with Gasteiger partial charge in [0, 0.05) is 0 Å². The lowest BCUT2D eigenvalue weighted by Crippen LogP contribution is -2.21. The lowest BCUT2D eigenvalue weighted by molar-refractivity contribution is -0.108. The second-order valence-corrected chi connectivity index (χ2v) is 2.77. The lowest BCUT2D eigenvalue weighted by atomic mass is 10.2. The number of hydrogen-bond acceptors (Lipinski definition) is 4. The van der Waals surface area contributed by atoms with E-state index in [1.807, 2.05) is 19.1 Å². The fraction of sp³-hybridized carbons (Fsp3) is 0.200. The normalized spacial score (nSPS) is 9.50. The number of aldehydes is 1. The van der Waals surface area contributed by atoms with Crippen LogP contribution in [0.25, 0.3) is 0 Å². The van der Waals surface area contributed by atoms with E-state index in [0.29, 0.717) is 11.8 Å². The highest BCUT2D eigenvalue weighted by Crippen LogP contribution is 2.03. The van der Waals surface area contributed by atoms with E-state index in [2.05, 4.69) is 10.3 Å². The Morgan fingerprint density at radius 1 is 1.43 bits per heavy atom. The molecule has 4 nitrogen and oxygen atoms in total. The standard InChI is InChI=1S/C10H11NO3/c1-8-2-4-9(5-3-8)10(13)14-11-6-7-12/h2-5,7,11H,6H2,1H3. The smallest absolute Gasteiger partial charge is 0.356 e. The van der Waals surface area contributed by atoms with Gasteiger partial charge in [-0.1, -0.05) is 17.7 Å². The third-order valence-electron chi connectivity index (χ3n) is 1.62. The van der Waals surface area contributed by atoms with E-state index < -0.39 is 5.97 Å². The van der Waals surface area contributed by atoms with Crippen LogP contribution in [0.3, 0.4) is 0 Å². The number of hydrogen-bond donors (Lipinski definition) is 1. The molecule has 0 aromatic heterocycles. The summed E-state index contributed by atoms with van der Waals surface area (Å²) < 4.78 is 0. The molecule has 1 aromatic rings. The first-order valence-corrected chi connectivity index (χ1v) is 4.18. The zero-order chi connectivity index (χ0) is 10.4. The molecular weight excluding hydrogens is 182 g/mol. The average Bonchev–Trinajstić information content (AvgIpc) is 2.19. The van der Waals surface area contributed by atoms with E-state index in [4.69, 9.17) is 0 Å². The van der Waals surface area contributed by atoms with Crippen molar-refractivity contribution >= 4 is 12.3 Å². The minimum atomic E-state index is -0.494. The molecular formula is C10H11NO3. The Hall–Kier alpha value is -1.68. The van der Waals surface area contributed by atoms with Gasteiger partial charge in [-0.3, -0.25) is 0 Å². The van der Waals surface area contributed by atoms with Crippen molar-refractivity contribution < 1.29 is 14.4 Å². The monoisotopic (exact) mass is 193 g/mol. The van der Waals surface area contributed by atoms with Crippen molar-refractivity contribution in [3.8, 4) is 0 Å². The fourth-order valence-corrected chi connectivity index (χ4v) is 0.890. The van der Waals surface area contributed by atoms with Crippen molar-refractivity contribution in [2.75, 3.05) is 6.54 Å². The third-order valence-corrected chi connectivity index (χ3v) is 1.62. The summed E-state index contributed by atoms with van der Waals surface area (Å²) in [4.78, 5) is 25.7. The van der Waals surface area contributed by atoms with Crippen LogP contribution in [0.2, 0.25) is 0 Å². The van der Waals surface area contributed by atoms with Crippen LogP contribution < -0.4 is 5.48 Å². The quantitative estimate of drug-likeness (QED) is 0.437. The first kappa shape index (κ1) is 10.4. The van der Waals surface area contributed by atoms with E-state index in [0.717, 1.165) is 5.56 Å². The predicted octanol–water partition coefficient (Wildman–Crippen LogP) is 0.855. The average molecular weight is 193 g/mol. The van der Waals surface area contributed by atoms with E-state index in [-0.39, 0.29) is 6.54 Å². The molecule has 0 aliphatic rings. The minimum Gasteiger partial charge on any atom is -0.366 e. The van der Waals surface area contributed by atoms with Gasteiger partial charge in [0.05, 0.1) is 12.1 Å². The van der Waals surface area contributed by atoms with Crippen LogP contribution in [0.1, 0.15) is 15.9 Å². The van der Waals surface area contributed by atoms with Gasteiger partial charge in [-0.05, 0) is 19.1 Å². The van der Waals surface area contributed by atoms with Crippen LogP contribution in [0.15, 0.2) is 24.3 Å². The lowest BCUT2D eigenvalue weighted by Gasteiger charge is -2.02. The summed E-state index contributed by atoms with van der Waals surface area (Å²) in [5.41, 5.74) is 3.75. The topological polar surface area (TPSA) is 55.4 Å². The molecule has 0 heterocycles. The zero-order valence-corrected chi connectivity index (χ0v) is 7.82. The molecule has 0 aliphatic carbocycles. The van der Waals surface area contributed by atoms with Crippen LogP contribution in [0.5, 0.6) is 0 Å². The summed E-state index contributed by atoms with van der Waals surface area (Å²) in [6.45, 7) is 1.93. The molecule has 0 aliphatic heterocycles. The molecule has 0 radical (unpaired) electrons. The minimum absolute atomic E-state index is 0.00238. The van der Waals surface area contributed by atoms with Gasteiger partial charge in [0.15, 0.2) is 0 Å². The summed E-state index contributed by atoms with van der Waals surface area (Å²) in [6, 6.07) is 6.97. The maximum atomic E-state index is 11.2. The maximum Gasteiger partial charge on any atom is 0.356 e. The van der Waals surface area contributed by atoms with Gasteiger partial charge >= 0.3 is 5.97 Å². The summed E-state index contributed by atoms with van der Waals surface area (Å²) in [7, 11) is 0. The van der Waals surface area contributed by atoms with Gasteiger partial charge in [-0.2, -0.15) is 0 Å². The second kappa shape index (κ2) is 5.14. The first-order chi connectivity index (χ1) is 6.74. The highest BCUT2D eigenvalue weighted by molar-refractivity contribution is 5.89. The van der Waals surface area contributed by atoms with Crippen LogP contribution >= 0.6 is 0 Å². The van der Waals surface area contributed by atoms with Gasteiger partial charge in [-0.15, -0.1) is 5.48 Å². The molecule has 0 saturated carbocycles. The highest BCUT2D eigenvalue weighted by atomic mass is 16.7. The van der Waals surface area contributed by atoms with E-state index in [1.54, 1.807) is 12.1 Å². The number of carbonyl (C=O) groups excluding carboxylic acids is 2. The Morgan fingerprint density at radius 3 is 2.64 bits per heavy atom. The summed E-state index contributed by atoms with van der Waals surface area (Å²) in [5, 5.41) is 0. The Labute approximate surface area is 81.8 Å². The van der Waals surface area contributed by atoms with Crippen molar-refractivity contribution in [2.24, 2.45) is 0 Å². The zero-order valence-electron chi connectivity index (χ0n) is 7.82. The van der Waals surface area contributed by atoms with Crippen LogP contribution in [0, 0.1) is 6.92 Å². The van der Waals surface area contributed by atoms with Gasteiger partial charge in [0.1, 0.15) is 6.29 Å². The molecule has 74 valence electrons. The predicted molar refractivity (Wildman–Crippen MR) is 50.7 cm³/mol. The number of aryl methyl sites for hydroxylation is 1. The van der Waals surface area contributed by atoms with Crippen molar-refractivity contribution in [3.05, 3.63) is 35.4 Å². The van der Waals surface area contributed by atoms with Crippen molar-refractivity contribution in [1.29, 1.82) is 0 Å². The SMILES string of the molecule is Cc1ccc(C(=O)ONCC=O)cc1. The van der Waals surface area contributed by atoms with E-state index in [1.165, 1.54) is 0 Å². The molecule has 14 heavy (non-hydrogen) atoms. The number of hydroxylamine groups is 1. The molecule has 0 atom stereocenters. The molecule has 0 spiro atoms. The Morgan fingerprint density at radius 2 is 2.07 bits per heavy atom. The van der Waals surface area contributed by atoms with Gasteiger partial charge in [0.25, 0.3) is 0 Å². The molecule has 1 rings (SSSR count). The first-order valence-electron chi connectivity index (χ1n) is 4.18. The molecule has 4 heteroatoms. The van der Waals surface area contributed by atoms with Crippen molar-refractivity contribution in [3.63, 3.8) is 0 Å². The molecule has 1 aromatic carbocycles. The van der Waals surface area contributed by atoms with Gasteiger partial charge in [-0.25, -0.2) is 4.79 Å². The molecule has 0 unspecified atom stereocenters. The Kier molecular flexibility index (Phi) is 3.82. The molecule has 0 bridgehead atoms. The van der Waals surface area contributed by atoms with Gasteiger partial charge in [0.2, 0.25) is 0 Å². The molecule has 0 fully saturated rings. The summed E-state index contributed by atoms with van der Waals surface area (Å²) in [6.07, 6.45) is 0.614. The van der Waals surface area contributed by atoms with Gasteiger partial charge < -0.3 is 9.63 Å². The summed E-state index contributed by atoms with van der Waals surface area (Å²) >= 11 is 0.